The molecule has 5 heteroatoms. The van der Waals surface area contributed by atoms with Crippen molar-refractivity contribution >= 4 is 34.5 Å². The van der Waals surface area contributed by atoms with E-state index < -0.39 is 3.42 Å². The minimum atomic E-state index is -0.528. The molecule has 4 nitrogen and oxygen atoms in total. The Hall–Kier alpha value is -1.11. The molecule has 0 saturated heterocycles. The molecule has 1 aliphatic heterocycles. The number of hydrogen-bond acceptors (Lipinski definition) is 4. The van der Waals surface area contributed by atoms with Crippen LogP contribution in [0.25, 0.3) is 0 Å². The lowest BCUT2D eigenvalue weighted by molar-refractivity contribution is -0.137. The predicted molar refractivity (Wildman–Crippen MR) is 78.7 cm³/mol. The molecule has 1 aromatic carbocycles. The summed E-state index contributed by atoms with van der Waals surface area (Å²) < 4.78 is 9.95. The Morgan fingerprint density at radius 2 is 2.21 bits per heavy atom. The molecule has 1 heterocycles. The highest BCUT2D eigenvalue weighted by Gasteiger charge is 2.30. The fourth-order valence-corrected chi connectivity index (χ4v) is 1.79. The number of hydrogen-bond donors (Lipinski definition) is 0. The first-order valence-electron chi connectivity index (χ1n) is 6.17. The number of carbonyl (C=O) groups is 2. The quantitative estimate of drug-likeness (QED) is 0.353. The molecule has 0 aliphatic carbocycles. The Bertz CT molecular complexity index is 522. The van der Waals surface area contributed by atoms with Crippen molar-refractivity contribution in [2.75, 3.05) is 0 Å². The Morgan fingerprint density at radius 1 is 1.47 bits per heavy atom. The van der Waals surface area contributed by atoms with Crippen molar-refractivity contribution in [3.05, 3.63) is 23.8 Å². The van der Waals surface area contributed by atoms with Gasteiger partial charge in [0.1, 0.15) is 14.9 Å². The Labute approximate surface area is 125 Å². The number of halogens is 1. The fourth-order valence-electron chi connectivity index (χ4n) is 1.68. The van der Waals surface area contributed by atoms with Crippen molar-refractivity contribution in [2.45, 2.75) is 36.5 Å². The van der Waals surface area contributed by atoms with Crippen LogP contribution in [0.5, 0.6) is 11.5 Å². The van der Waals surface area contributed by atoms with E-state index in [1.165, 1.54) is 0 Å². The van der Waals surface area contributed by atoms with Gasteiger partial charge in [-0.15, -0.1) is 0 Å². The van der Waals surface area contributed by atoms with E-state index in [2.05, 4.69) is 22.6 Å². The predicted octanol–water partition coefficient (Wildman–Crippen LogP) is 3.05. The lowest BCUT2D eigenvalue weighted by atomic mass is 10.1. The second kappa shape index (κ2) is 5.48. The number of fused-ring (bicyclic) bond motifs is 1. The van der Waals surface area contributed by atoms with Gasteiger partial charge < -0.3 is 9.47 Å². The van der Waals surface area contributed by atoms with Gasteiger partial charge in [0.25, 0.3) is 0 Å². The van der Waals surface area contributed by atoms with Gasteiger partial charge in [-0.1, -0.05) is 29.5 Å². The lowest BCUT2D eigenvalue weighted by Crippen LogP contribution is -2.31. The van der Waals surface area contributed by atoms with Crippen LogP contribution in [0.3, 0.4) is 0 Å². The second-order valence-electron chi connectivity index (χ2n) is 4.68. The fraction of sp³-hybridized carbons (Fsp3) is 0.429. The first kappa shape index (κ1) is 14.3. The molecule has 0 fully saturated rings. The molecule has 19 heavy (non-hydrogen) atoms. The highest BCUT2D eigenvalue weighted by molar-refractivity contribution is 14.1. The average molecular weight is 374 g/mol. The first-order chi connectivity index (χ1) is 8.92. The maximum Gasteiger partial charge on any atom is 0.327 e. The number of carbonyl (C=O) groups excluding carboxylic acids is 2. The molecule has 1 aromatic rings. The zero-order valence-electron chi connectivity index (χ0n) is 10.9. The summed E-state index contributed by atoms with van der Waals surface area (Å²) in [6.07, 6.45) is 1.69. The van der Waals surface area contributed by atoms with Gasteiger partial charge in [-0.3, -0.25) is 9.59 Å². The minimum Gasteiger partial charge on any atom is -0.426 e. The number of ether oxygens (including phenoxy) is 2. The van der Waals surface area contributed by atoms with E-state index in [9.17, 15) is 9.59 Å². The SMILES string of the molecule is CCC(C)(I)C(=O)Oc1ccc2c(c1)CCC(=O)O2. The normalized spacial score (nSPS) is 17.1. The summed E-state index contributed by atoms with van der Waals surface area (Å²) in [6.45, 7) is 3.79. The Morgan fingerprint density at radius 3 is 2.89 bits per heavy atom. The maximum absolute atomic E-state index is 12.0. The summed E-state index contributed by atoms with van der Waals surface area (Å²) in [4.78, 5) is 23.1. The first-order valence-corrected chi connectivity index (χ1v) is 7.25. The van der Waals surface area contributed by atoms with Gasteiger partial charge in [-0.25, -0.2) is 0 Å². The van der Waals surface area contributed by atoms with E-state index in [1.54, 1.807) is 18.2 Å². The van der Waals surface area contributed by atoms with Crippen LogP contribution in [0.15, 0.2) is 18.2 Å². The zero-order valence-corrected chi connectivity index (χ0v) is 13.0. The third-order valence-electron chi connectivity index (χ3n) is 3.15. The smallest absolute Gasteiger partial charge is 0.327 e. The molecular weight excluding hydrogens is 359 g/mol. The molecule has 1 atom stereocenters. The van der Waals surface area contributed by atoms with Gasteiger partial charge in [-0.2, -0.15) is 0 Å². The zero-order chi connectivity index (χ0) is 14.0. The molecule has 0 amide bonds. The number of esters is 2. The standard InChI is InChI=1S/C14H15IO4/c1-3-14(2,15)13(17)18-10-5-6-11-9(8-10)4-7-12(16)19-11/h5-6,8H,3-4,7H2,1-2H3. The van der Waals surface area contributed by atoms with E-state index in [4.69, 9.17) is 9.47 Å². The van der Waals surface area contributed by atoms with Crippen LogP contribution < -0.4 is 9.47 Å². The summed E-state index contributed by atoms with van der Waals surface area (Å²) in [7, 11) is 0. The summed E-state index contributed by atoms with van der Waals surface area (Å²) >= 11 is 2.09. The van der Waals surface area contributed by atoms with E-state index in [-0.39, 0.29) is 11.9 Å². The maximum atomic E-state index is 12.0. The van der Waals surface area contributed by atoms with E-state index in [0.29, 0.717) is 30.8 Å². The van der Waals surface area contributed by atoms with Crippen molar-refractivity contribution in [3.8, 4) is 11.5 Å². The molecule has 0 spiro atoms. The molecule has 1 unspecified atom stereocenters. The lowest BCUT2D eigenvalue weighted by Gasteiger charge is -2.20. The van der Waals surface area contributed by atoms with Crippen molar-refractivity contribution in [3.63, 3.8) is 0 Å². The minimum absolute atomic E-state index is 0.219. The van der Waals surface area contributed by atoms with E-state index in [1.807, 2.05) is 13.8 Å². The van der Waals surface area contributed by atoms with Crippen LogP contribution in [-0.4, -0.2) is 15.4 Å². The highest BCUT2D eigenvalue weighted by atomic mass is 127. The molecule has 1 aliphatic rings. The molecule has 0 radical (unpaired) electrons. The van der Waals surface area contributed by atoms with Gasteiger partial charge in [0, 0.05) is 0 Å². The van der Waals surface area contributed by atoms with Crippen LogP contribution in [0.4, 0.5) is 0 Å². The third kappa shape index (κ3) is 3.26. The summed E-state index contributed by atoms with van der Waals surface area (Å²) in [5, 5.41) is 0. The van der Waals surface area contributed by atoms with Crippen molar-refractivity contribution in [1.82, 2.24) is 0 Å². The molecule has 0 aromatic heterocycles. The van der Waals surface area contributed by atoms with Gasteiger partial charge in [0.2, 0.25) is 0 Å². The van der Waals surface area contributed by atoms with Gasteiger partial charge in [0.15, 0.2) is 0 Å². The molecule has 0 saturated carbocycles. The van der Waals surface area contributed by atoms with Gasteiger partial charge in [-0.05, 0) is 43.5 Å². The number of alkyl halides is 1. The molecule has 0 N–H and O–H groups in total. The Balaban J connectivity index is 2.15. The average Bonchev–Trinajstić information content (AvgIpc) is 2.38. The van der Waals surface area contributed by atoms with Crippen molar-refractivity contribution in [1.29, 1.82) is 0 Å². The van der Waals surface area contributed by atoms with Gasteiger partial charge >= 0.3 is 11.9 Å². The van der Waals surface area contributed by atoms with Crippen LogP contribution in [-0.2, 0) is 16.0 Å². The number of benzene rings is 1. The number of aryl methyl sites for hydroxylation is 1. The van der Waals surface area contributed by atoms with Crippen LogP contribution in [0.2, 0.25) is 0 Å². The summed E-state index contributed by atoms with van der Waals surface area (Å²) in [6, 6.07) is 5.09. The Kier molecular flexibility index (Phi) is 4.13. The second-order valence-corrected chi connectivity index (χ2v) is 7.07. The summed E-state index contributed by atoms with van der Waals surface area (Å²) in [5.74, 6) is 0.577. The number of rotatable bonds is 3. The third-order valence-corrected chi connectivity index (χ3v) is 4.36. The highest BCUT2D eigenvalue weighted by Crippen LogP contribution is 2.31. The van der Waals surface area contributed by atoms with Gasteiger partial charge in [0.05, 0.1) is 6.42 Å². The summed E-state index contributed by atoms with van der Waals surface area (Å²) in [5.41, 5.74) is 0.900. The van der Waals surface area contributed by atoms with Crippen molar-refractivity contribution in [2.24, 2.45) is 0 Å². The van der Waals surface area contributed by atoms with E-state index >= 15 is 0 Å². The molecular formula is C14H15IO4. The molecule has 0 bridgehead atoms. The molecule has 102 valence electrons. The topological polar surface area (TPSA) is 52.6 Å². The van der Waals surface area contributed by atoms with E-state index in [0.717, 1.165) is 5.56 Å². The van der Waals surface area contributed by atoms with Crippen LogP contribution >= 0.6 is 22.6 Å². The largest absolute Gasteiger partial charge is 0.426 e. The van der Waals surface area contributed by atoms with Crippen molar-refractivity contribution < 1.29 is 19.1 Å². The monoisotopic (exact) mass is 374 g/mol. The molecule has 2 rings (SSSR count). The van der Waals surface area contributed by atoms with Crippen LogP contribution in [0, 0.1) is 0 Å². The van der Waals surface area contributed by atoms with Crippen LogP contribution in [0.1, 0.15) is 32.3 Å².